The number of piperazine rings is 1. The van der Waals surface area contributed by atoms with Gasteiger partial charge in [-0.1, -0.05) is 23.2 Å². The second-order valence-electron chi connectivity index (χ2n) is 6.84. The summed E-state index contributed by atoms with van der Waals surface area (Å²) < 4.78 is 16.0. The van der Waals surface area contributed by atoms with Crippen LogP contribution < -0.4 is 19.5 Å². The molecule has 1 fully saturated rings. The summed E-state index contributed by atoms with van der Waals surface area (Å²) in [5.41, 5.74) is 1.53. The molecule has 0 bridgehead atoms. The standard InChI is InChI=1S/C21H25Cl2N3O4/c1-28-18-5-4-15(22)10-14(18)13-25-6-8-26(9-7-25)21(27)24-17-11-16(23)19(29-2)12-20(17)30-3/h4-5,10-12H,6-9,13H2,1-3H3,(H,24,27). The molecule has 0 saturated carbocycles. The van der Waals surface area contributed by atoms with Gasteiger partial charge in [0.1, 0.15) is 17.2 Å². The number of nitrogens with zero attached hydrogens (tertiary/aromatic N) is 2. The average Bonchev–Trinajstić information content (AvgIpc) is 2.74. The number of benzene rings is 2. The van der Waals surface area contributed by atoms with Crippen LogP contribution in [0.1, 0.15) is 5.56 Å². The van der Waals surface area contributed by atoms with Crippen molar-refractivity contribution in [2.75, 3.05) is 52.8 Å². The molecule has 2 aromatic rings. The molecule has 0 aromatic heterocycles. The Morgan fingerprint density at radius 1 is 0.933 bits per heavy atom. The van der Waals surface area contributed by atoms with Crippen LogP contribution in [-0.2, 0) is 6.54 Å². The Bertz CT molecular complexity index is 902. The van der Waals surface area contributed by atoms with Gasteiger partial charge in [-0.2, -0.15) is 0 Å². The minimum Gasteiger partial charge on any atom is -0.496 e. The fraction of sp³-hybridized carbons (Fsp3) is 0.381. The number of nitrogens with one attached hydrogen (secondary N) is 1. The smallest absolute Gasteiger partial charge is 0.322 e. The van der Waals surface area contributed by atoms with Crippen LogP contribution in [0.25, 0.3) is 0 Å². The molecular weight excluding hydrogens is 429 g/mol. The molecule has 1 aliphatic heterocycles. The van der Waals surface area contributed by atoms with Gasteiger partial charge in [0.05, 0.1) is 32.0 Å². The van der Waals surface area contributed by atoms with Crippen molar-refractivity contribution in [2.45, 2.75) is 6.54 Å². The molecule has 1 N–H and O–H groups in total. The molecular formula is C21H25Cl2N3O4. The zero-order valence-electron chi connectivity index (χ0n) is 17.2. The maximum atomic E-state index is 12.7. The van der Waals surface area contributed by atoms with Crippen molar-refractivity contribution in [2.24, 2.45) is 0 Å². The lowest BCUT2D eigenvalue weighted by Crippen LogP contribution is -2.49. The van der Waals surface area contributed by atoms with Gasteiger partial charge in [-0.25, -0.2) is 4.79 Å². The number of ether oxygens (including phenoxy) is 3. The van der Waals surface area contributed by atoms with Crippen LogP contribution in [0.4, 0.5) is 10.5 Å². The number of carbonyl (C=O) groups excluding carboxylic acids is 1. The van der Waals surface area contributed by atoms with Gasteiger partial charge in [0.25, 0.3) is 0 Å². The zero-order chi connectivity index (χ0) is 21.7. The van der Waals surface area contributed by atoms with E-state index in [9.17, 15) is 4.79 Å². The number of urea groups is 1. The zero-order valence-corrected chi connectivity index (χ0v) is 18.7. The van der Waals surface area contributed by atoms with Crippen molar-refractivity contribution >= 4 is 34.9 Å². The molecule has 9 heteroatoms. The van der Waals surface area contributed by atoms with E-state index < -0.39 is 0 Å². The Labute approximate surface area is 186 Å². The normalized spacial score (nSPS) is 14.4. The van der Waals surface area contributed by atoms with E-state index in [2.05, 4.69) is 10.2 Å². The number of amides is 2. The lowest BCUT2D eigenvalue weighted by Gasteiger charge is -2.35. The van der Waals surface area contributed by atoms with Crippen molar-refractivity contribution < 1.29 is 19.0 Å². The molecule has 2 amide bonds. The summed E-state index contributed by atoms with van der Waals surface area (Å²) in [6.07, 6.45) is 0. The van der Waals surface area contributed by atoms with Crippen LogP contribution in [-0.4, -0.2) is 63.3 Å². The monoisotopic (exact) mass is 453 g/mol. The third-order valence-corrected chi connectivity index (χ3v) is 5.54. The van der Waals surface area contributed by atoms with Gasteiger partial charge in [0, 0.05) is 49.4 Å². The lowest BCUT2D eigenvalue weighted by molar-refractivity contribution is 0.142. The van der Waals surface area contributed by atoms with Gasteiger partial charge in [-0.3, -0.25) is 4.90 Å². The van der Waals surface area contributed by atoms with Crippen molar-refractivity contribution in [1.29, 1.82) is 0 Å². The number of rotatable bonds is 6. The van der Waals surface area contributed by atoms with Crippen LogP contribution in [0.15, 0.2) is 30.3 Å². The number of halogens is 2. The van der Waals surface area contributed by atoms with Gasteiger partial charge in [0.15, 0.2) is 0 Å². The second kappa shape index (κ2) is 10.1. The molecule has 0 spiro atoms. The van der Waals surface area contributed by atoms with Crippen molar-refractivity contribution in [3.05, 3.63) is 45.9 Å². The predicted molar refractivity (Wildman–Crippen MR) is 118 cm³/mol. The molecule has 0 radical (unpaired) electrons. The molecule has 0 aliphatic carbocycles. The first kappa shape index (κ1) is 22.3. The van der Waals surface area contributed by atoms with Crippen LogP contribution >= 0.6 is 23.2 Å². The molecule has 3 rings (SSSR count). The molecule has 2 aromatic carbocycles. The minimum atomic E-state index is -0.200. The first-order chi connectivity index (χ1) is 14.4. The Morgan fingerprint density at radius 2 is 1.60 bits per heavy atom. The summed E-state index contributed by atoms with van der Waals surface area (Å²) in [6, 6.07) is 8.67. The fourth-order valence-electron chi connectivity index (χ4n) is 3.37. The highest BCUT2D eigenvalue weighted by Gasteiger charge is 2.23. The summed E-state index contributed by atoms with van der Waals surface area (Å²) >= 11 is 12.3. The van der Waals surface area contributed by atoms with E-state index in [4.69, 9.17) is 37.4 Å². The van der Waals surface area contributed by atoms with Gasteiger partial charge in [-0.15, -0.1) is 0 Å². The molecule has 30 heavy (non-hydrogen) atoms. The molecule has 0 atom stereocenters. The van der Waals surface area contributed by atoms with Gasteiger partial charge in [-0.05, 0) is 24.3 Å². The third kappa shape index (κ3) is 5.22. The van der Waals surface area contributed by atoms with E-state index in [-0.39, 0.29) is 6.03 Å². The summed E-state index contributed by atoms with van der Waals surface area (Å²) in [5, 5.41) is 3.95. The largest absolute Gasteiger partial charge is 0.496 e. The summed E-state index contributed by atoms with van der Waals surface area (Å²) in [5.74, 6) is 1.77. The van der Waals surface area contributed by atoms with Crippen LogP contribution in [0.3, 0.4) is 0 Å². The number of carbonyl (C=O) groups is 1. The molecule has 0 unspecified atom stereocenters. The van der Waals surface area contributed by atoms with Crippen molar-refractivity contribution in [1.82, 2.24) is 9.80 Å². The number of anilines is 1. The SMILES string of the molecule is COc1cc(OC)c(NC(=O)N2CCN(Cc3cc(Cl)ccc3OC)CC2)cc1Cl. The molecule has 162 valence electrons. The topological polar surface area (TPSA) is 63.3 Å². The van der Waals surface area contributed by atoms with E-state index in [0.29, 0.717) is 46.9 Å². The maximum absolute atomic E-state index is 12.7. The van der Waals surface area contributed by atoms with E-state index in [1.54, 1.807) is 24.1 Å². The Morgan fingerprint density at radius 3 is 2.23 bits per heavy atom. The van der Waals surface area contributed by atoms with Crippen LogP contribution in [0.5, 0.6) is 17.2 Å². The summed E-state index contributed by atoms with van der Waals surface area (Å²) in [6.45, 7) is 3.39. The fourth-order valence-corrected chi connectivity index (χ4v) is 3.81. The average molecular weight is 454 g/mol. The molecule has 1 saturated heterocycles. The van der Waals surface area contributed by atoms with Crippen LogP contribution in [0, 0.1) is 0 Å². The highest BCUT2D eigenvalue weighted by Crippen LogP contribution is 2.36. The van der Waals surface area contributed by atoms with Crippen molar-refractivity contribution in [3.63, 3.8) is 0 Å². The first-order valence-electron chi connectivity index (χ1n) is 9.47. The second-order valence-corrected chi connectivity index (χ2v) is 7.68. The summed E-state index contributed by atoms with van der Waals surface area (Å²) in [4.78, 5) is 16.8. The Kier molecular flexibility index (Phi) is 7.53. The number of hydrogen-bond donors (Lipinski definition) is 1. The van der Waals surface area contributed by atoms with E-state index >= 15 is 0 Å². The Balaban J connectivity index is 1.60. The minimum absolute atomic E-state index is 0.200. The highest BCUT2D eigenvalue weighted by molar-refractivity contribution is 6.32. The molecule has 7 nitrogen and oxygen atoms in total. The molecule has 1 heterocycles. The van der Waals surface area contributed by atoms with E-state index in [0.717, 1.165) is 24.4 Å². The highest BCUT2D eigenvalue weighted by atomic mass is 35.5. The van der Waals surface area contributed by atoms with Gasteiger partial charge >= 0.3 is 6.03 Å². The maximum Gasteiger partial charge on any atom is 0.322 e. The lowest BCUT2D eigenvalue weighted by atomic mass is 10.1. The van der Waals surface area contributed by atoms with Crippen molar-refractivity contribution in [3.8, 4) is 17.2 Å². The third-order valence-electron chi connectivity index (χ3n) is 5.01. The molecule has 1 aliphatic rings. The Hall–Kier alpha value is -2.35. The van der Waals surface area contributed by atoms with Gasteiger partial charge in [0.2, 0.25) is 0 Å². The van der Waals surface area contributed by atoms with Crippen LogP contribution in [0.2, 0.25) is 10.0 Å². The summed E-state index contributed by atoms with van der Waals surface area (Å²) in [7, 11) is 4.70. The van der Waals surface area contributed by atoms with E-state index in [1.807, 2.05) is 18.2 Å². The number of hydrogen-bond acceptors (Lipinski definition) is 5. The van der Waals surface area contributed by atoms with Gasteiger partial charge < -0.3 is 24.4 Å². The number of methoxy groups -OCH3 is 3. The quantitative estimate of drug-likeness (QED) is 0.703. The first-order valence-corrected chi connectivity index (χ1v) is 10.2. The van der Waals surface area contributed by atoms with E-state index in [1.165, 1.54) is 14.2 Å². The predicted octanol–water partition coefficient (Wildman–Crippen LogP) is 4.37.